The molecule has 0 aliphatic rings. The maximum Gasteiger partial charge on any atom is 0.409 e. The first kappa shape index (κ1) is 13.9. The van der Waals surface area contributed by atoms with Crippen molar-refractivity contribution in [2.75, 3.05) is 13.3 Å². The molecule has 1 amide bonds. The van der Waals surface area contributed by atoms with E-state index in [2.05, 4.69) is 15.6 Å². The molecule has 0 bridgehead atoms. The van der Waals surface area contributed by atoms with Gasteiger partial charge in [-0.05, 0) is 5.56 Å². The zero-order valence-electron chi connectivity index (χ0n) is 9.55. The Hall–Kier alpha value is -2.12. The van der Waals surface area contributed by atoms with Gasteiger partial charge in [0.2, 0.25) is 0 Å². The van der Waals surface area contributed by atoms with Crippen molar-refractivity contribution in [1.29, 1.82) is 0 Å². The molecule has 0 unspecified atom stereocenters. The van der Waals surface area contributed by atoms with Crippen molar-refractivity contribution in [3.63, 3.8) is 0 Å². The molecule has 0 radical (unpaired) electrons. The van der Waals surface area contributed by atoms with Gasteiger partial charge in [-0.1, -0.05) is 30.3 Å². The number of ether oxygens (including phenoxy) is 1. The predicted molar refractivity (Wildman–Crippen MR) is 58.7 cm³/mol. The molecule has 0 saturated carbocycles. The number of aliphatic carboxylic acids is 1. The van der Waals surface area contributed by atoms with Crippen molar-refractivity contribution in [2.45, 2.75) is 6.61 Å². The van der Waals surface area contributed by atoms with Crippen molar-refractivity contribution in [3.8, 4) is 0 Å². The van der Waals surface area contributed by atoms with E-state index in [4.69, 9.17) is 4.74 Å². The lowest BCUT2D eigenvalue weighted by molar-refractivity contribution is -0.305. The Labute approximate surface area is 104 Å². The van der Waals surface area contributed by atoms with Crippen molar-refractivity contribution in [1.82, 2.24) is 10.8 Å². The summed E-state index contributed by atoms with van der Waals surface area (Å²) in [5.41, 5.74) is 2.95. The van der Waals surface area contributed by atoms with Gasteiger partial charge in [0.15, 0.2) is 0 Å². The lowest BCUT2D eigenvalue weighted by atomic mass is 10.2. The van der Waals surface area contributed by atoms with E-state index in [-0.39, 0.29) is 13.3 Å². The molecule has 0 aliphatic carbocycles. The second kappa shape index (κ2) is 8.04. The molecule has 0 aromatic heterocycles. The van der Waals surface area contributed by atoms with E-state index in [0.717, 1.165) is 5.56 Å². The summed E-state index contributed by atoms with van der Waals surface area (Å²) in [6.07, 6.45) is -0.658. The molecule has 18 heavy (non-hydrogen) atoms. The number of carbonyl (C=O) groups is 2. The van der Waals surface area contributed by atoms with E-state index in [1.165, 1.54) is 0 Å². The SMILES string of the molecule is O=C([O-])CNOCNC(=O)OCc1ccccc1. The Morgan fingerprint density at radius 2 is 1.94 bits per heavy atom. The third-order valence-corrected chi connectivity index (χ3v) is 1.82. The van der Waals surface area contributed by atoms with Gasteiger partial charge in [0.1, 0.15) is 13.3 Å². The lowest BCUT2D eigenvalue weighted by Gasteiger charge is -2.08. The quantitative estimate of drug-likeness (QED) is 0.372. The standard InChI is InChI=1S/C11H14N2O5/c14-10(15)6-13-18-8-12-11(16)17-7-9-4-2-1-3-5-9/h1-5,13H,6-8H2,(H,12,16)(H,14,15)/p-1. The van der Waals surface area contributed by atoms with Crippen LogP contribution in [0.4, 0.5) is 4.79 Å². The Balaban J connectivity index is 2.06. The van der Waals surface area contributed by atoms with Crippen LogP contribution in [-0.4, -0.2) is 25.3 Å². The predicted octanol–water partition coefficient (Wildman–Crippen LogP) is -0.859. The molecule has 2 N–H and O–H groups in total. The van der Waals surface area contributed by atoms with Crippen LogP contribution in [0.1, 0.15) is 5.56 Å². The van der Waals surface area contributed by atoms with Crippen molar-refractivity contribution >= 4 is 12.1 Å². The van der Waals surface area contributed by atoms with Crippen LogP contribution < -0.4 is 15.9 Å². The third kappa shape index (κ3) is 6.46. The molecular formula is C11H13N2O5-. The highest BCUT2D eigenvalue weighted by Crippen LogP contribution is 2.00. The zero-order chi connectivity index (χ0) is 13.2. The maximum atomic E-state index is 11.1. The minimum Gasteiger partial charge on any atom is -0.549 e. The van der Waals surface area contributed by atoms with Gasteiger partial charge in [-0.25, -0.2) is 4.79 Å². The van der Waals surface area contributed by atoms with Crippen molar-refractivity contribution < 1.29 is 24.3 Å². The minimum absolute atomic E-state index is 0.152. The number of nitrogens with one attached hydrogen (secondary N) is 2. The zero-order valence-corrected chi connectivity index (χ0v) is 9.55. The fourth-order valence-corrected chi connectivity index (χ4v) is 1.03. The summed E-state index contributed by atoms with van der Waals surface area (Å²) in [7, 11) is 0. The summed E-state index contributed by atoms with van der Waals surface area (Å²) >= 11 is 0. The summed E-state index contributed by atoms with van der Waals surface area (Å²) in [4.78, 5) is 25.7. The second-order valence-corrected chi connectivity index (χ2v) is 3.22. The number of rotatable bonds is 7. The summed E-state index contributed by atoms with van der Waals surface area (Å²) in [6.45, 7) is -0.513. The Kier molecular flexibility index (Phi) is 6.23. The van der Waals surface area contributed by atoms with Crippen molar-refractivity contribution in [3.05, 3.63) is 35.9 Å². The van der Waals surface area contributed by atoms with Gasteiger partial charge in [-0.15, -0.1) is 0 Å². The van der Waals surface area contributed by atoms with Crippen LogP contribution in [0.25, 0.3) is 0 Å². The molecule has 0 saturated heterocycles. The van der Waals surface area contributed by atoms with Gasteiger partial charge in [0, 0.05) is 0 Å². The molecule has 0 aliphatic heterocycles. The fourth-order valence-electron chi connectivity index (χ4n) is 1.03. The Bertz CT molecular complexity index is 382. The van der Waals surface area contributed by atoms with Gasteiger partial charge in [-0.2, -0.15) is 5.48 Å². The monoisotopic (exact) mass is 253 g/mol. The molecule has 1 rings (SSSR count). The van der Waals surface area contributed by atoms with Gasteiger partial charge in [-0.3, -0.25) is 10.2 Å². The highest BCUT2D eigenvalue weighted by atomic mass is 16.7. The van der Waals surface area contributed by atoms with Gasteiger partial charge in [0.25, 0.3) is 0 Å². The molecule has 0 spiro atoms. The number of benzene rings is 1. The molecule has 0 atom stereocenters. The number of hydrogen-bond donors (Lipinski definition) is 2. The largest absolute Gasteiger partial charge is 0.549 e. The topological polar surface area (TPSA) is 99.7 Å². The summed E-state index contributed by atoms with van der Waals surface area (Å²) < 4.78 is 4.87. The molecule has 1 aromatic carbocycles. The number of carboxylic acid groups (broad SMARTS) is 1. The van der Waals surface area contributed by atoms with Gasteiger partial charge in [0.05, 0.1) is 12.5 Å². The van der Waals surface area contributed by atoms with E-state index in [0.29, 0.717) is 0 Å². The van der Waals surface area contributed by atoms with Crippen LogP contribution in [0.5, 0.6) is 0 Å². The van der Waals surface area contributed by atoms with Crippen LogP contribution in [0, 0.1) is 0 Å². The van der Waals surface area contributed by atoms with Crippen LogP contribution in [0.15, 0.2) is 30.3 Å². The highest BCUT2D eigenvalue weighted by Gasteiger charge is 2.01. The van der Waals surface area contributed by atoms with Crippen molar-refractivity contribution in [2.24, 2.45) is 0 Å². The van der Waals surface area contributed by atoms with Crippen LogP contribution in [0.3, 0.4) is 0 Å². The van der Waals surface area contributed by atoms with Crippen LogP contribution in [0.2, 0.25) is 0 Å². The van der Waals surface area contributed by atoms with E-state index in [1.54, 1.807) is 0 Å². The van der Waals surface area contributed by atoms with E-state index >= 15 is 0 Å². The van der Waals surface area contributed by atoms with E-state index in [9.17, 15) is 14.7 Å². The molecule has 7 nitrogen and oxygen atoms in total. The highest BCUT2D eigenvalue weighted by molar-refractivity contribution is 5.67. The minimum atomic E-state index is -1.30. The van der Waals surface area contributed by atoms with Gasteiger partial charge < -0.3 is 14.6 Å². The van der Waals surface area contributed by atoms with E-state index in [1.807, 2.05) is 30.3 Å². The molecule has 7 heteroatoms. The lowest BCUT2D eigenvalue weighted by Crippen LogP contribution is -2.37. The third-order valence-electron chi connectivity index (χ3n) is 1.82. The average molecular weight is 253 g/mol. The fraction of sp³-hybridized carbons (Fsp3) is 0.273. The Morgan fingerprint density at radius 1 is 1.22 bits per heavy atom. The summed E-state index contributed by atoms with van der Waals surface area (Å²) in [5.74, 6) is -1.30. The van der Waals surface area contributed by atoms with Crippen LogP contribution in [-0.2, 0) is 21.0 Å². The first-order chi connectivity index (χ1) is 8.68. The second-order valence-electron chi connectivity index (χ2n) is 3.22. The Morgan fingerprint density at radius 3 is 2.61 bits per heavy atom. The van der Waals surface area contributed by atoms with Gasteiger partial charge >= 0.3 is 6.09 Å². The molecule has 0 fully saturated rings. The number of carbonyl (C=O) groups excluding carboxylic acids is 2. The number of carboxylic acids is 1. The molecule has 1 aromatic rings. The average Bonchev–Trinajstić information content (AvgIpc) is 2.37. The first-order valence-electron chi connectivity index (χ1n) is 5.17. The number of amides is 1. The number of alkyl carbamates (subject to hydrolysis) is 1. The van der Waals surface area contributed by atoms with E-state index < -0.39 is 18.6 Å². The number of hydrogen-bond acceptors (Lipinski definition) is 6. The normalized spacial score (nSPS) is 9.78. The summed E-state index contributed by atoms with van der Waals surface area (Å²) in [6, 6.07) is 9.18. The first-order valence-corrected chi connectivity index (χ1v) is 5.17. The summed E-state index contributed by atoms with van der Waals surface area (Å²) in [5, 5.41) is 12.3. The molecular weight excluding hydrogens is 240 g/mol. The molecule has 98 valence electrons. The maximum absolute atomic E-state index is 11.1. The smallest absolute Gasteiger partial charge is 0.409 e. The molecule has 0 heterocycles. The van der Waals surface area contributed by atoms with Crippen LogP contribution >= 0.6 is 0 Å². The number of hydroxylamine groups is 1.